The van der Waals surface area contributed by atoms with Gasteiger partial charge in [-0.25, -0.2) is 0 Å². The minimum atomic E-state index is -0.405. The molecule has 1 unspecified atom stereocenters. The molecule has 1 amide bonds. The van der Waals surface area contributed by atoms with Crippen LogP contribution in [0.2, 0.25) is 0 Å². The molecule has 4 heteroatoms. The maximum Gasteiger partial charge on any atom is 0.242 e. The third-order valence-electron chi connectivity index (χ3n) is 3.95. The molecule has 98 valence electrons. The minimum Gasteiger partial charge on any atom is -0.394 e. The molecule has 0 radical (unpaired) electrons. The van der Waals surface area contributed by atoms with E-state index in [1.807, 2.05) is 4.90 Å². The molecule has 0 spiro atoms. The van der Waals surface area contributed by atoms with Crippen molar-refractivity contribution in [3.05, 3.63) is 0 Å². The highest BCUT2D eigenvalue weighted by Crippen LogP contribution is 2.29. The third kappa shape index (κ3) is 2.80. The zero-order valence-corrected chi connectivity index (χ0v) is 10.9. The van der Waals surface area contributed by atoms with Crippen molar-refractivity contribution in [2.75, 3.05) is 19.7 Å². The zero-order valence-electron chi connectivity index (χ0n) is 10.9. The average Bonchev–Trinajstić information content (AvgIpc) is 2.76. The van der Waals surface area contributed by atoms with Gasteiger partial charge in [0.2, 0.25) is 5.91 Å². The van der Waals surface area contributed by atoms with Crippen LogP contribution in [0, 0.1) is 5.41 Å². The summed E-state index contributed by atoms with van der Waals surface area (Å²) in [6.45, 7) is 5.84. The lowest BCUT2D eigenvalue weighted by Gasteiger charge is -2.34. The van der Waals surface area contributed by atoms with Crippen molar-refractivity contribution in [1.29, 1.82) is 0 Å². The van der Waals surface area contributed by atoms with Crippen LogP contribution in [0.5, 0.6) is 0 Å². The van der Waals surface area contributed by atoms with Gasteiger partial charge in [0, 0.05) is 19.1 Å². The summed E-state index contributed by atoms with van der Waals surface area (Å²) in [5.41, 5.74) is 0.0855. The number of carbonyl (C=O) groups is 1. The molecule has 1 heterocycles. The lowest BCUT2D eigenvalue weighted by atomic mass is 9.92. The van der Waals surface area contributed by atoms with E-state index in [-0.39, 0.29) is 17.9 Å². The quantitative estimate of drug-likeness (QED) is 0.749. The highest BCUT2D eigenvalue weighted by atomic mass is 16.3. The Kier molecular flexibility index (Phi) is 3.73. The fraction of sp³-hybridized carbons (Fsp3) is 0.923. The number of aliphatic hydroxyl groups is 1. The van der Waals surface area contributed by atoms with Crippen molar-refractivity contribution in [1.82, 2.24) is 10.2 Å². The Labute approximate surface area is 103 Å². The molecule has 1 saturated heterocycles. The van der Waals surface area contributed by atoms with Gasteiger partial charge in [0.05, 0.1) is 6.61 Å². The predicted molar refractivity (Wildman–Crippen MR) is 66.6 cm³/mol. The largest absolute Gasteiger partial charge is 0.394 e. The Morgan fingerprint density at radius 2 is 2.06 bits per heavy atom. The van der Waals surface area contributed by atoms with Crippen molar-refractivity contribution in [2.45, 2.75) is 51.6 Å². The van der Waals surface area contributed by atoms with Crippen LogP contribution in [0.3, 0.4) is 0 Å². The van der Waals surface area contributed by atoms with Crippen LogP contribution in [0.1, 0.15) is 39.5 Å². The predicted octanol–water partition coefficient (Wildman–Crippen LogP) is 0.748. The van der Waals surface area contributed by atoms with Crippen LogP contribution >= 0.6 is 0 Å². The van der Waals surface area contributed by atoms with Gasteiger partial charge < -0.3 is 15.3 Å². The molecule has 17 heavy (non-hydrogen) atoms. The minimum absolute atomic E-state index is 0.0855. The molecule has 2 fully saturated rings. The first-order valence-electron chi connectivity index (χ1n) is 6.68. The Morgan fingerprint density at radius 1 is 1.41 bits per heavy atom. The summed E-state index contributed by atoms with van der Waals surface area (Å²) >= 11 is 0. The number of carbonyl (C=O) groups excluding carboxylic acids is 1. The molecular weight excluding hydrogens is 216 g/mol. The first-order valence-corrected chi connectivity index (χ1v) is 6.68. The summed E-state index contributed by atoms with van der Waals surface area (Å²) in [5.74, 6) is 0.0879. The van der Waals surface area contributed by atoms with Gasteiger partial charge in [-0.15, -0.1) is 0 Å². The topological polar surface area (TPSA) is 52.6 Å². The number of aliphatic hydroxyl groups excluding tert-OH is 1. The van der Waals surface area contributed by atoms with E-state index in [1.165, 1.54) is 12.8 Å². The molecule has 2 rings (SSSR count). The lowest BCUT2D eigenvalue weighted by Crippen LogP contribution is -2.49. The number of nitrogens with one attached hydrogen (secondary N) is 1. The van der Waals surface area contributed by atoms with E-state index in [0.717, 1.165) is 25.9 Å². The van der Waals surface area contributed by atoms with Crippen LogP contribution in [0.15, 0.2) is 0 Å². The van der Waals surface area contributed by atoms with E-state index in [9.17, 15) is 9.90 Å². The molecule has 0 bridgehead atoms. The molecule has 0 aromatic carbocycles. The number of amides is 1. The van der Waals surface area contributed by atoms with Gasteiger partial charge in [-0.3, -0.25) is 4.79 Å². The van der Waals surface area contributed by atoms with Gasteiger partial charge in [-0.2, -0.15) is 0 Å². The van der Waals surface area contributed by atoms with E-state index in [4.69, 9.17) is 0 Å². The van der Waals surface area contributed by atoms with Crippen molar-refractivity contribution < 1.29 is 9.90 Å². The molecule has 4 nitrogen and oxygen atoms in total. The fourth-order valence-electron chi connectivity index (χ4n) is 2.95. The van der Waals surface area contributed by atoms with Gasteiger partial charge in [0.25, 0.3) is 0 Å². The van der Waals surface area contributed by atoms with Crippen LogP contribution in [0.25, 0.3) is 0 Å². The standard InChI is InChI=1S/C13H24N2O2/c1-13(2)8-14-11(7-16)12(17)15(9-13)10-5-3-4-6-10/h10-11,14,16H,3-9H2,1-2H3. The number of hydrogen-bond acceptors (Lipinski definition) is 3. The second kappa shape index (κ2) is 4.94. The Balaban J connectivity index is 2.16. The lowest BCUT2D eigenvalue weighted by molar-refractivity contribution is -0.136. The van der Waals surface area contributed by atoms with Gasteiger partial charge in [-0.1, -0.05) is 26.7 Å². The molecule has 0 aromatic rings. The maximum absolute atomic E-state index is 12.4. The van der Waals surface area contributed by atoms with Crippen LogP contribution in [-0.4, -0.2) is 47.7 Å². The van der Waals surface area contributed by atoms with Crippen molar-refractivity contribution in [2.24, 2.45) is 5.41 Å². The molecular formula is C13H24N2O2. The molecule has 2 N–H and O–H groups in total. The first-order chi connectivity index (χ1) is 8.03. The summed E-state index contributed by atoms with van der Waals surface area (Å²) in [6, 6.07) is -0.00639. The first kappa shape index (κ1) is 12.8. The Bertz CT molecular complexity index is 285. The van der Waals surface area contributed by atoms with Crippen molar-refractivity contribution in [3.8, 4) is 0 Å². The second-order valence-electron chi connectivity index (χ2n) is 6.18. The van der Waals surface area contributed by atoms with Gasteiger partial charge in [-0.05, 0) is 18.3 Å². The average molecular weight is 240 g/mol. The summed E-state index contributed by atoms with van der Waals surface area (Å²) in [4.78, 5) is 14.4. The van der Waals surface area contributed by atoms with E-state index in [0.29, 0.717) is 6.04 Å². The third-order valence-corrected chi connectivity index (χ3v) is 3.95. The van der Waals surface area contributed by atoms with Gasteiger partial charge in [0.1, 0.15) is 6.04 Å². The highest BCUT2D eigenvalue weighted by Gasteiger charge is 2.38. The van der Waals surface area contributed by atoms with Crippen LogP contribution < -0.4 is 5.32 Å². The van der Waals surface area contributed by atoms with E-state index in [1.54, 1.807) is 0 Å². The fourth-order valence-corrected chi connectivity index (χ4v) is 2.95. The summed E-state index contributed by atoms with van der Waals surface area (Å²) in [7, 11) is 0. The molecule has 1 saturated carbocycles. The Morgan fingerprint density at radius 3 is 2.65 bits per heavy atom. The van der Waals surface area contributed by atoms with Gasteiger partial charge in [0.15, 0.2) is 0 Å². The van der Waals surface area contributed by atoms with Crippen LogP contribution in [-0.2, 0) is 4.79 Å². The summed E-state index contributed by atoms with van der Waals surface area (Å²) < 4.78 is 0. The normalized spacial score (nSPS) is 30.6. The van der Waals surface area contributed by atoms with Gasteiger partial charge >= 0.3 is 0 Å². The van der Waals surface area contributed by atoms with E-state index >= 15 is 0 Å². The highest BCUT2D eigenvalue weighted by molar-refractivity contribution is 5.82. The second-order valence-corrected chi connectivity index (χ2v) is 6.18. The van der Waals surface area contributed by atoms with Crippen LogP contribution in [0.4, 0.5) is 0 Å². The number of nitrogens with zero attached hydrogens (tertiary/aromatic N) is 1. The summed E-state index contributed by atoms with van der Waals surface area (Å²) in [5, 5.41) is 12.5. The number of hydrogen-bond donors (Lipinski definition) is 2. The number of rotatable bonds is 2. The molecule has 2 aliphatic rings. The molecule has 1 atom stereocenters. The molecule has 0 aromatic heterocycles. The summed E-state index contributed by atoms with van der Waals surface area (Å²) in [6.07, 6.45) is 4.71. The maximum atomic E-state index is 12.4. The van der Waals surface area contributed by atoms with E-state index < -0.39 is 6.04 Å². The smallest absolute Gasteiger partial charge is 0.242 e. The van der Waals surface area contributed by atoms with Crippen molar-refractivity contribution in [3.63, 3.8) is 0 Å². The molecule has 1 aliphatic carbocycles. The zero-order chi connectivity index (χ0) is 12.5. The Hall–Kier alpha value is -0.610. The van der Waals surface area contributed by atoms with Crippen molar-refractivity contribution >= 4 is 5.91 Å². The molecule has 1 aliphatic heterocycles. The van der Waals surface area contributed by atoms with E-state index in [2.05, 4.69) is 19.2 Å². The monoisotopic (exact) mass is 240 g/mol. The SMILES string of the molecule is CC1(C)CNC(CO)C(=O)N(C2CCCC2)C1.